The minimum atomic E-state index is -0.169. The van der Waals surface area contributed by atoms with Gasteiger partial charge in [-0.3, -0.25) is 19.8 Å². The van der Waals surface area contributed by atoms with Crippen LogP contribution in [0.1, 0.15) is 26.2 Å². The van der Waals surface area contributed by atoms with E-state index in [1.165, 1.54) is 0 Å². The smallest absolute Gasteiger partial charge is 0.248 e. The molecule has 0 saturated carbocycles. The van der Waals surface area contributed by atoms with Gasteiger partial charge in [-0.1, -0.05) is 19.8 Å². The van der Waals surface area contributed by atoms with Gasteiger partial charge in [-0.25, -0.2) is 0 Å². The van der Waals surface area contributed by atoms with Gasteiger partial charge in [0.1, 0.15) is 17.9 Å². The van der Waals surface area contributed by atoms with Crippen LogP contribution in [0.5, 0.6) is 0 Å². The van der Waals surface area contributed by atoms with E-state index in [1.54, 1.807) is 6.20 Å². The molecule has 1 amide bonds. The van der Waals surface area contributed by atoms with E-state index in [2.05, 4.69) is 32.1 Å². The first kappa shape index (κ1) is 14.7. The van der Waals surface area contributed by atoms with Crippen LogP contribution in [0.15, 0.2) is 39.0 Å². The van der Waals surface area contributed by atoms with Crippen LogP contribution in [0.4, 0.5) is 0 Å². The van der Waals surface area contributed by atoms with E-state index < -0.39 is 0 Å². The second-order valence-electron chi connectivity index (χ2n) is 5.57. The lowest BCUT2D eigenvalue weighted by Crippen LogP contribution is -2.49. The molecule has 3 rings (SSSR count). The van der Waals surface area contributed by atoms with Gasteiger partial charge in [0.25, 0.3) is 0 Å². The van der Waals surface area contributed by atoms with Gasteiger partial charge in [-0.05, 0) is 12.5 Å². The first-order valence-electron chi connectivity index (χ1n) is 7.84. The maximum atomic E-state index is 12.2. The summed E-state index contributed by atoms with van der Waals surface area (Å²) in [4.78, 5) is 27.4. The summed E-state index contributed by atoms with van der Waals surface area (Å²) in [6.07, 6.45) is 12.6. The number of hydrogen-bond acceptors (Lipinski definition) is 5. The first-order valence-corrected chi connectivity index (χ1v) is 7.84. The van der Waals surface area contributed by atoms with Gasteiger partial charge >= 0.3 is 0 Å². The molecule has 3 aliphatic rings. The molecule has 6 heteroatoms. The highest BCUT2D eigenvalue weighted by molar-refractivity contribution is 6.05. The number of unbranched alkanes of at least 4 members (excludes halogenated alkanes) is 2. The summed E-state index contributed by atoms with van der Waals surface area (Å²) < 4.78 is 0. The molecule has 0 aromatic rings. The summed E-state index contributed by atoms with van der Waals surface area (Å²) in [5, 5.41) is 2.96. The fraction of sp³-hybridized carbons (Fsp3) is 0.500. The number of nitrogens with one attached hydrogen (secondary N) is 1. The standard InChI is InChI=1S/C16H21N5O/c1-2-3-4-5-18-16(22)12-8-14-15(20-9-12)21-7-6-17-10-13(21)11-19-14/h6-8,10-11,13-14H,2-5,9H2,1H3,(H,18,22). The van der Waals surface area contributed by atoms with Gasteiger partial charge in [-0.15, -0.1) is 0 Å². The molecule has 0 fully saturated rings. The van der Waals surface area contributed by atoms with Crippen LogP contribution in [-0.4, -0.2) is 54.2 Å². The van der Waals surface area contributed by atoms with Crippen LogP contribution in [-0.2, 0) is 4.79 Å². The Morgan fingerprint density at radius 2 is 2.32 bits per heavy atom. The largest absolute Gasteiger partial charge is 0.352 e. The quantitative estimate of drug-likeness (QED) is 0.778. The van der Waals surface area contributed by atoms with Gasteiger partial charge in [0.2, 0.25) is 5.91 Å². The van der Waals surface area contributed by atoms with Gasteiger partial charge < -0.3 is 10.2 Å². The summed E-state index contributed by atoms with van der Waals surface area (Å²) in [5.41, 5.74) is 0.704. The molecule has 0 radical (unpaired) electrons. The molecule has 2 atom stereocenters. The molecule has 2 unspecified atom stereocenters. The number of nitrogens with zero attached hydrogens (tertiary/aromatic N) is 4. The van der Waals surface area contributed by atoms with Crippen LogP contribution in [0, 0.1) is 0 Å². The van der Waals surface area contributed by atoms with Crippen LogP contribution in [0.3, 0.4) is 0 Å². The van der Waals surface area contributed by atoms with E-state index in [1.807, 2.05) is 24.7 Å². The van der Waals surface area contributed by atoms with E-state index in [0.717, 1.165) is 31.6 Å². The SMILES string of the molecule is CCCCCNC(=O)C1=CC2N=CC3C=NC=CN3C2=NC1. The topological polar surface area (TPSA) is 69.4 Å². The highest BCUT2D eigenvalue weighted by Gasteiger charge is 2.31. The molecule has 116 valence electrons. The van der Waals surface area contributed by atoms with Gasteiger partial charge in [0.15, 0.2) is 0 Å². The number of fused-ring (bicyclic) bond motifs is 3. The van der Waals surface area contributed by atoms with Crippen LogP contribution in [0.25, 0.3) is 0 Å². The number of amidine groups is 1. The lowest BCUT2D eigenvalue weighted by atomic mass is 10.0. The summed E-state index contributed by atoms with van der Waals surface area (Å²) in [5.74, 6) is 0.865. The van der Waals surface area contributed by atoms with E-state index in [0.29, 0.717) is 12.1 Å². The van der Waals surface area contributed by atoms with Crippen molar-refractivity contribution in [2.24, 2.45) is 15.0 Å². The summed E-state index contributed by atoms with van der Waals surface area (Å²) in [7, 11) is 0. The zero-order valence-electron chi connectivity index (χ0n) is 12.8. The Labute approximate surface area is 130 Å². The Hall–Kier alpha value is -2.24. The van der Waals surface area contributed by atoms with Crippen molar-refractivity contribution in [3.8, 4) is 0 Å². The highest BCUT2D eigenvalue weighted by Crippen LogP contribution is 2.20. The molecule has 0 saturated heterocycles. The first-order chi connectivity index (χ1) is 10.8. The third-order valence-electron chi connectivity index (χ3n) is 3.93. The number of carbonyl (C=O) groups excluding carboxylic acids is 1. The van der Waals surface area contributed by atoms with Gasteiger partial charge in [0.05, 0.1) is 6.54 Å². The molecule has 1 N–H and O–H groups in total. The molecule has 0 aromatic heterocycles. The molecular weight excluding hydrogens is 278 g/mol. The molecule has 0 spiro atoms. The monoisotopic (exact) mass is 299 g/mol. The number of aliphatic imine (C=N–C) groups is 3. The van der Waals surface area contributed by atoms with Crippen molar-refractivity contribution in [3.05, 3.63) is 24.0 Å². The lowest BCUT2D eigenvalue weighted by molar-refractivity contribution is -0.117. The summed E-state index contributed by atoms with van der Waals surface area (Å²) >= 11 is 0. The summed E-state index contributed by atoms with van der Waals surface area (Å²) in [6, 6.07) is -0.129. The Kier molecular flexibility index (Phi) is 4.46. The lowest BCUT2D eigenvalue weighted by Gasteiger charge is -2.35. The zero-order valence-corrected chi connectivity index (χ0v) is 12.8. The third-order valence-corrected chi connectivity index (χ3v) is 3.93. The van der Waals surface area contributed by atoms with Crippen LogP contribution in [0.2, 0.25) is 0 Å². The van der Waals surface area contributed by atoms with Gasteiger partial charge in [-0.2, -0.15) is 0 Å². The van der Waals surface area contributed by atoms with E-state index in [-0.39, 0.29) is 18.0 Å². The Bertz CT molecular complexity index is 587. The molecule has 3 heterocycles. The number of amides is 1. The number of hydrogen-bond donors (Lipinski definition) is 1. The molecular formula is C16H21N5O. The van der Waals surface area contributed by atoms with E-state index in [9.17, 15) is 4.79 Å². The van der Waals surface area contributed by atoms with Crippen molar-refractivity contribution in [2.45, 2.75) is 38.3 Å². The van der Waals surface area contributed by atoms with E-state index in [4.69, 9.17) is 0 Å². The maximum absolute atomic E-state index is 12.2. The van der Waals surface area contributed by atoms with Crippen LogP contribution >= 0.6 is 0 Å². The number of carbonyl (C=O) groups is 1. The van der Waals surface area contributed by atoms with Crippen molar-refractivity contribution in [1.29, 1.82) is 0 Å². The second-order valence-corrected chi connectivity index (χ2v) is 5.57. The Morgan fingerprint density at radius 1 is 1.41 bits per heavy atom. The van der Waals surface area contributed by atoms with Crippen molar-refractivity contribution in [3.63, 3.8) is 0 Å². The number of dihydropyridines is 1. The van der Waals surface area contributed by atoms with Crippen molar-refractivity contribution < 1.29 is 4.79 Å². The summed E-state index contributed by atoms with van der Waals surface area (Å²) in [6.45, 7) is 3.28. The highest BCUT2D eigenvalue weighted by atomic mass is 16.1. The molecule has 22 heavy (non-hydrogen) atoms. The minimum absolute atomic E-state index is 0.0213. The fourth-order valence-electron chi connectivity index (χ4n) is 2.70. The normalized spacial score (nSPS) is 25.2. The average Bonchev–Trinajstić information content (AvgIpc) is 2.58. The average molecular weight is 299 g/mol. The molecule has 0 aliphatic carbocycles. The van der Waals surface area contributed by atoms with Crippen molar-refractivity contribution >= 4 is 24.2 Å². The fourth-order valence-corrected chi connectivity index (χ4v) is 2.70. The number of rotatable bonds is 5. The molecule has 3 aliphatic heterocycles. The van der Waals surface area contributed by atoms with Gasteiger partial charge in [0, 0.05) is 36.9 Å². The van der Waals surface area contributed by atoms with E-state index >= 15 is 0 Å². The predicted octanol–water partition coefficient (Wildman–Crippen LogP) is 1.31. The van der Waals surface area contributed by atoms with Crippen LogP contribution < -0.4 is 5.32 Å². The zero-order chi connectivity index (χ0) is 15.4. The predicted molar refractivity (Wildman–Crippen MR) is 88.5 cm³/mol. The molecule has 0 aromatic carbocycles. The van der Waals surface area contributed by atoms with Crippen molar-refractivity contribution in [1.82, 2.24) is 10.2 Å². The molecule has 0 bridgehead atoms. The third kappa shape index (κ3) is 3.00. The van der Waals surface area contributed by atoms with Crippen molar-refractivity contribution in [2.75, 3.05) is 13.1 Å². The maximum Gasteiger partial charge on any atom is 0.248 e. The second kappa shape index (κ2) is 6.68. The Morgan fingerprint density at radius 3 is 3.18 bits per heavy atom. The Balaban J connectivity index is 1.64. The molecule has 6 nitrogen and oxygen atoms in total. The minimum Gasteiger partial charge on any atom is -0.352 e.